The van der Waals surface area contributed by atoms with Crippen LogP contribution in [0.4, 0.5) is 5.69 Å². The van der Waals surface area contributed by atoms with Gasteiger partial charge in [-0.3, -0.25) is 9.59 Å². The summed E-state index contributed by atoms with van der Waals surface area (Å²) in [6.45, 7) is 1.25. The molecule has 1 aromatic heterocycles. The number of aryl methyl sites for hydroxylation is 1. The molecule has 0 aliphatic carbocycles. The minimum absolute atomic E-state index is 0.261. The second-order valence-electron chi connectivity index (χ2n) is 5.77. The molecule has 2 aromatic carbocycles. The van der Waals surface area contributed by atoms with E-state index in [0.717, 1.165) is 28.3 Å². The van der Waals surface area contributed by atoms with Gasteiger partial charge in [0.05, 0.1) is 5.39 Å². The second-order valence-corrected chi connectivity index (χ2v) is 6.62. The summed E-state index contributed by atoms with van der Waals surface area (Å²) in [7, 11) is 0. The molecular weight excluding hydrogens is 380 g/mol. The number of hydrogen-bond acceptors (Lipinski definition) is 7. The second kappa shape index (κ2) is 8.41. The molecule has 0 spiro atoms. The number of amides is 1. The number of nitrogens with zero attached hydrogens (tertiary/aromatic N) is 1. The monoisotopic (exact) mass is 394 g/mol. The van der Waals surface area contributed by atoms with Crippen LogP contribution in [-0.2, 0) is 9.53 Å². The lowest BCUT2D eigenvalue weighted by molar-refractivity contribution is -0.119. The molecule has 0 radical (unpaired) electrons. The summed E-state index contributed by atoms with van der Waals surface area (Å²) in [4.78, 5) is 37.0. The molecule has 1 amide bonds. The van der Waals surface area contributed by atoms with Gasteiger partial charge in [-0.05, 0) is 54.6 Å². The van der Waals surface area contributed by atoms with Gasteiger partial charge in [-0.2, -0.15) is 5.26 Å². The Hall–Kier alpha value is -3.57. The fourth-order valence-corrected chi connectivity index (χ4v) is 2.96. The van der Waals surface area contributed by atoms with Gasteiger partial charge in [-0.25, -0.2) is 4.79 Å². The molecule has 0 atom stereocenters. The highest BCUT2D eigenvalue weighted by atomic mass is 32.2. The fraction of sp³-hybridized carbons (Fsp3) is 0.100. The minimum atomic E-state index is -0.907. The first-order valence-corrected chi connectivity index (χ1v) is 8.96. The standard InChI is InChI=1S/C20H14N2O5S/c1-12-8-13(28-11-21)6-7-15(12)22-19(24)10-26-20(25)18-9-16(23)14-4-2-3-5-17(14)27-18/h2-9H,10H2,1H3,(H,22,24). The molecule has 0 unspecified atom stereocenters. The van der Waals surface area contributed by atoms with Crippen molar-refractivity contribution >= 4 is 40.3 Å². The number of thiocyanates is 1. The lowest BCUT2D eigenvalue weighted by Gasteiger charge is -2.09. The first-order chi connectivity index (χ1) is 13.5. The summed E-state index contributed by atoms with van der Waals surface area (Å²) in [5.74, 6) is -1.72. The Bertz CT molecular complexity index is 1160. The highest BCUT2D eigenvalue weighted by Gasteiger charge is 2.16. The van der Waals surface area contributed by atoms with Gasteiger partial charge >= 0.3 is 5.97 Å². The third-order valence-corrected chi connectivity index (χ3v) is 4.39. The lowest BCUT2D eigenvalue weighted by atomic mass is 10.2. The largest absolute Gasteiger partial charge is 0.450 e. The summed E-state index contributed by atoms with van der Waals surface area (Å²) in [5, 5.41) is 13.6. The Balaban J connectivity index is 1.64. The van der Waals surface area contributed by atoms with Gasteiger partial charge in [0.2, 0.25) is 5.76 Å². The van der Waals surface area contributed by atoms with Gasteiger partial charge < -0.3 is 14.5 Å². The number of carbonyl (C=O) groups is 2. The van der Waals surface area contributed by atoms with Crippen molar-refractivity contribution in [1.29, 1.82) is 5.26 Å². The third kappa shape index (κ3) is 4.39. The number of esters is 1. The smallest absolute Gasteiger partial charge is 0.374 e. The van der Waals surface area contributed by atoms with E-state index in [1.165, 1.54) is 0 Å². The molecular formula is C20H14N2O5S. The molecule has 0 saturated carbocycles. The summed E-state index contributed by atoms with van der Waals surface area (Å²) < 4.78 is 10.3. The van der Waals surface area contributed by atoms with Crippen LogP contribution in [0.2, 0.25) is 0 Å². The van der Waals surface area contributed by atoms with Crippen molar-refractivity contribution < 1.29 is 18.7 Å². The zero-order valence-corrected chi connectivity index (χ0v) is 15.5. The van der Waals surface area contributed by atoms with E-state index < -0.39 is 18.5 Å². The van der Waals surface area contributed by atoms with E-state index in [4.69, 9.17) is 14.4 Å². The Kier molecular flexibility index (Phi) is 5.77. The number of anilines is 1. The molecule has 1 heterocycles. The van der Waals surface area contributed by atoms with E-state index >= 15 is 0 Å². The predicted molar refractivity (Wildman–Crippen MR) is 104 cm³/mol. The van der Waals surface area contributed by atoms with Crippen molar-refractivity contribution in [2.45, 2.75) is 11.8 Å². The summed E-state index contributed by atoms with van der Waals surface area (Å²) in [5.41, 5.74) is 1.20. The molecule has 140 valence electrons. The van der Waals surface area contributed by atoms with E-state index in [0.29, 0.717) is 11.1 Å². The van der Waals surface area contributed by atoms with Gasteiger partial charge in [0.15, 0.2) is 12.0 Å². The number of hydrogen-bond donors (Lipinski definition) is 1. The summed E-state index contributed by atoms with van der Waals surface area (Å²) >= 11 is 1.02. The minimum Gasteiger partial charge on any atom is -0.450 e. The van der Waals surface area contributed by atoms with Gasteiger partial charge in [0, 0.05) is 16.6 Å². The SMILES string of the molecule is Cc1cc(SC#N)ccc1NC(=O)COC(=O)c1cc(=O)c2ccccc2o1. The molecule has 1 N–H and O–H groups in total. The topological polar surface area (TPSA) is 109 Å². The van der Waals surface area contributed by atoms with Crippen LogP contribution >= 0.6 is 11.8 Å². The molecule has 8 heteroatoms. The maximum absolute atomic E-state index is 12.1. The molecule has 7 nitrogen and oxygen atoms in total. The number of fused-ring (bicyclic) bond motifs is 1. The zero-order valence-electron chi connectivity index (χ0n) is 14.7. The van der Waals surface area contributed by atoms with Gasteiger partial charge in [0.1, 0.15) is 11.0 Å². The number of nitriles is 1. The molecule has 3 aromatic rings. The highest BCUT2D eigenvalue weighted by Crippen LogP contribution is 2.23. The summed E-state index contributed by atoms with van der Waals surface area (Å²) in [6.07, 6.45) is 0. The number of nitrogens with one attached hydrogen (secondary N) is 1. The van der Waals surface area contributed by atoms with E-state index in [1.807, 2.05) is 5.40 Å². The molecule has 0 aliphatic heterocycles. The van der Waals surface area contributed by atoms with Crippen molar-refractivity contribution in [2.75, 3.05) is 11.9 Å². The van der Waals surface area contributed by atoms with Crippen molar-refractivity contribution in [3.05, 3.63) is 70.1 Å². The Morgan fingerprint density at radius 2 is 2.00 bits per heavy atom. The zero-order chi connectivity index (χ0) is 20.1. The number of ether oxygens (including phenoxy) is 1. The number of benzene rings is 2. The molecule has 0 aliphatic rings. The quantitative estimate of drug-likeness (QED) is 0.401. The van der Waals surface area contributed by atoms with Crippen LogP contribution in [-0.4, -0.2) is 18.5 Å². The number of para-hydroxylation sites is 1. The van der Waals surface area contributed by atoms with Crippen molar-refractivity contribution in [3.8, 4) is 5.40 Å². The molecule has 28 heavy (non-hydrogen) atoms. The Morgan fingerprint density at radius 1 is 1.21 bits per heavy atom. The van der Waals surface area contributed by atoms with Crippen LogP contribution in [0, 0.1) is 17.6 Å². The van der Waals surface area contributed by atoms with Crippen molar-refractivity contribution in [3.63, 3.8) is 0 Å². The average Bonchev–Trinajstić information content (AvgIpc) is 2.68. The van der Waals surface area contributed by atoms with Gasteiger partial charge in [-0.15, -0.1) is 0 Å². The van der Waals surface area contributed by atoms with E-state index in [2.05, 4.69) is 5.32 Å². The van der Waals surface area contributed by atoms with Crippen LogP contribution in [0.25, 0.3) is 11.0 Å². The molecule has 0 saturated heterocycles. The van der Waals surface area contributed by atoms with E-state index in [9.17, 15) is 14.4 Å². The molecule has 3 rings (SSSR count). The highest BCUT2D eigenvalue weighted by molar-refractivity contribution is 8.03. The molecule has 0 bridgehead atoms. The number of rotatable bonds is 5. The van der Waals surface area contributed by atoms with Crippen LogP contribution in [0.5, 0.6) is 0 Å². The van der Waals surface area contributed by atoms with Crippen molar-refractivity contribution in [2.24, 2.45) is 0 Å². The normalized spacial score (nSPS) is 10.3. The average molecular weight is 394 g/mol. The first-order valence-electron chi connectivity index (χ1n) is 8.14. The molecule has 0 fully saturated rings. The number of carbonyl (C=O) groups excluding carboxylic acids is 2. The predicted octanol–water partition coefficient (Wildman–Crippen LogP) is 3.47. The lowest BCUT2D eigenvalue weighted by Crippen LogP contribution is -2.21. The van der Waals surface area contributed by atoms with Crippen LogP contribution in [0.3, 0.4) is 0 Å². The van der Waals surface area contributed by atoms with E-state index in [1.54, 1.807) is 49.4 Å². The Labute approximate surface area is 163 Å². The third-order valence-electron chi connectivity index (χ3n) is 3.81. The maximum Gasteiger partial charge on any atom is 0.374 e. The maximum atomic E-state index is 12.1. The van der Waals surface area contributed by atoms with Crippen molar-refractivity contribution in [1.82, 2.24) is 0 Å². The summed E-state index contributed by atoms with van der Waals surface area (Å²) in [6, 6.07) is 12.7. The van der Waals surface area contributed by atoms with Gasteiger partial charge in [0.25, 0.3) is 5.91 Å². The van der Waals surface area contributed by atoms with E-state index in [-0.39, 0.29) is 16.8 Å². The number of thioether (sulfide) groups is 1. The van der Waals surface area contributed by atoms with Crippen LogP contribution in [0.1, 0.15) is 16.1 Å². The first kappa shape index (κ1) is 19.2. The van der Waals surface area contributed by atoms with Crippen LogP contribution < -0.4 is 10.7 Å². The van der Waals surface area contributed by atoms with Crippen LogP contribution in [0.15, 0.2) is 62.6 Å². The van der Waals surface area contributed by atoms with Gasteiger partial charge in [-0.1, -0.05) is 12.1 Å². The fourth-order valence-electron chi connectivity index (χ4n) is 2.49. The Morgan fingerprint density at radius 3 is 2.75 bits per heavy atom.